The Bertz CT molecular complexity index is 549. The summed E-state index contributed by atoms with van der Waals surface area (Å²) in [5, 5.41) is 0. The summed E-state index contributed by atoms with van der Waals surface area (Å²) >= 11 is 0. The zero-order valence-electron chi connectivity index (χ0n) is 11.3. The number of ether oxygens (including phenoxy) is 2. The summed E-state index contributed by atoms with van der Waals surface area (Å²) in [6, 6.07) is 12.3. The SMILES string of the molecule is COc1ccc(C(C)c2ccc(F)cc2)c(OC)c1. The predicted molar refractivity (Wildman–Crippen MR) is 73.5 cm³/mol. The molecule has 1 unspecified atom stereocenters. The molecule has 0 aliphatic rings. The molecule has 0 aromatic heterocycles. The van der Waals surface area contributed by atoms with Crippen LogP contribution in [-0.2, 0) is 0 Å². The minimum atomic E-state index is -0.224. The van der Waals surface area contributed by atoms with Crippen LogP contribution in [0.1, 0.15) is 24.0 Å². The first-order valence-corrected chi connectivity index (χ1v) is 6.13. The van der Waals surface area contributed by atoms with E-state index in [1.165, 1.54) is 12.1 Å². The fourth-order valence-electron chi connectivity index (χ4n) is 2.11. The van der Waals surface area contributed by atoms with Crippen LogP contribution in [0.25, 0.3) is 0 Å². The zero-order chi connectivity index (χ0) is 13.8. The van der Waals surface area contributed by atoms with Crippen molar-refractivity contribution in [1.82, 2.24) is 0 Å². The third-order valence-corrected chi connectivity index (χ3v) is 3.28. The van der Waals surface area contributed by atoms with Crippen molar-refractivity contribution in [3.8, 4) is 11.5 Å². The molecule has 0 saturated heterocycles. The highest BCUT2D eigenvalue weighted by molar-refractivity contribution is 5.46. The van der Waals surface area contributed by atoms with Gasteiger partial charge in [0.05, 0.1) is 14.2 Å². The maximum Gasteiger partial charge on any atom is 0.126 e. The topological polar surface area (TPSA) is 18.5 Å². The second kappa shape index (κ2) is 5.74. The van der Waals surface area contributed by atoms with Crippen LogP contribution in [-0.4, -0.2) is 14.2 Å². The Balaban J connectivity index is 2.37. The van der Waals surface area contributed by atoms with Crippen LogP contribution in [0.5, 0.6) is 11.5 Å². The van der Waals surface area contributed by atoms with E-state index in [-0.39, 0.29) is 11.7 Å². The van der Waals surface area contributed by atoms with Gasteiger partial charge in [-0.05, 0) is 23.8 Å². The lowest BCUT2D eigenvalue weighted by atomic mass is 9.92. The number of hydrogen-bond acceptors (Lipinski definition) is 2. The van der Waals surface area contributed by atoms with Crippen LogP contribution in [0.3, 0.4) is 0 Å². The highest BCUT2D eigenvalue weighted by Crippen LogP contribution is 2.34. The molecule has 0 aliphatic carbocycles. The van der Waals surface area contributed by atoms with E-state index in [0.717, 1.165) is 22.6 Å². The van der Waals surface area contributed by atoms with E-state index >= 15 is 0 Å². The molecule has 0 amide bonds. The Morgan fingerprint density at radius 1 is 0.947 bits per heavy atom. The smallest absolute Gasteiger partial charge is 0.126 e. The molecule has 0 heterocycles. The fraction of sp³-hybridized carbons (Fsp3) is 0.250. The molecule has 100 valence electrons. The molecule has 19 heavy (non-hydrogen) atoms. The van der Waals surface area contributed by atoms with Gasteiger partial charge in [0.25, 0.3) is 0 Å². The van der Waals surface area contributed by atoms with Gasteiger partial charge in [-0.1, -0.05) is 25.1 Å². The molecule has 0 spiro atoms. The van der Waals surface area contributed by atoms with Gasteiger partial charge < -0.3 is 9.47 Å². The Morgan fingerprint density at radius 2 is 1.63 bits per heavy atom. The van der Waals surface area contributed by atoms with Crippen LogP contribution in [0, 0.1) is 5.82 Å². The summed E-state index contributed by atoms with van der Waals surface area (Å²) in [4.78, 5) is 0. The summed E-state index contributed by atoms with van der Waals surface area (Å²) in [6.07, 6.45) is 0. The highest BCUT2D eigenvalue weighted by Gasteiger charge is 2.14. The van der Waals surface area contributed by atoms with Gasteiger partial charge in [-0.3, -0.25) is 0 Å². The standard InChI is InChI=1S/C16H17FO2/c1-11(12-4-6-13(17)7-5-12)15-9-8-14(18-2)10-16(15)19-3/h4-11H,1-3H3. The molecule has 1 atom stereocenters. The van der Waals surface area contributed by atoms with E-state index in [0.29, 0.717) is 0 Å². The van der Waals surface area contributed by atoms with Crippen molar-refractivity contribution in [1.29, 1.82) is 0 Å². The van der Waals surface area contributed by atoms with Crippen LogP contribution >= 0.6 is 0 Å². The van der Waals surface area contributed by atoms with E-state index in [9.17, 15) is 4.39 Å². The Hall–Kier alpha value is -2.03. The predicted octanol–water partition coefficient (Wildman–Crippen LogP) is 3.99. The van der Waals surface area contributed by atoms with Gasteiger partial charge in [0, 0.05) is 17.5 Å². The average Bonchev–Trinajstić information content (AvgIpc) is 2.46. The molecule has 3 heteroatoms. The Labute approximate surface area is 112 Å². The van der Waals surface area contributed by atoms with Gasteiger partial charge in [-0.25, -0.2) is 4.39 Å². The molecular weight excluding hydrogens is 243 g/mol. The quantitative estimate of drug-likeness (QED) is 0.827. The van der Waals surface area contributed by atoms with Gasteiger partial charge in [-0.2, -0.15) is 0 Å². The van der Waals surface area contributed by atoms with E-state index in [1.54, 1.807) is 26.4 Å². The summed E-state index contributed by atoms with van der Waals surface area (Å²) in [5.74, 6) is 1.43. The molecular formula is C16H17FO2. The van der Waals surface area contributed by atoms with E-state index < -0.39 is 0 Å². The van der Waals surface area contributed by atoms with Gasteiger partial charge in [0.1, 0.15) is 17.3 Å². The van der Waals surface area contributed by atoms with E-state index in [1.807, 2.05) is 18.2 Å². The summed E-state index contributed by atoms with van der Waals surface area (Å²) in [5.41, 5.74) is 2.10. The monoisotopic (exact) mass is 260 g/mol. The maximum atomic E-state index is 13.0. The first-order valence-electron chi connectivity index (χ1n) is 6.13. The molecule has 0 fully saturated rings. The maximum absolute atomic E-state index is 13.0. The lowest BCUT2D eigenvalue weighted by molar-refractivity contribution is 0.390. The molecule has 0 radical (unpaired) electrons. The number of benzene rings is 2. The first-order chi connectivity index (χ1) is 9.15. The Morgan fingerprint density at radius 3 is 2.21 bits per heavy atom. The molecule has 2 nitrogen and oxygen atoms in total. The van der Waals surface area contributed by atoms with Gasteiger partial charge in [0.2, 0.25) is 0 Å². The lowest BCUT2D eigenvalue weighted by Crippen LogP contribution is -2.00. The largest absolute Gasteiger partial charge is 0.497 e. The molecule has 0 aliphatic heterocycles. The van der Waals surface area contributed by atoms with E-state index in [2.05, 4.69) is 6.92 Å². The van der Waals surface area contributed by atoms with Gasteiger partial charge in [-0.15, -0.1) is 0 Å². The van der Waals surface area contributed by atoms with Gasteiger partial charge in [0.15, 0.2) is 0 Å². The minimum absolute atomic E-state index is 0.126. The van der Waals surface area contributed by atoms with Crippen molar-refractivity contribution in [2.75, 3.05) is 14.2 Å². The van der Waals surface area contributed by atoms with Crippen molar-refractivity contribution >= 4 is 0 Å². The van der Waals surface area contributed by atoms with E-state index in [4.69, 9.17) is 9.47 Å². The molecule has 0 saturated carbocycles. The third kappa shape index (κ3) is 2.87. The van der Waals surface area contributed by atoms with Crippen molar-refractivity contribution in [3.63, 3.8) is 0 Å². The number of hydrogen-bond donors (Lipinski definition) is 0. The van der Waals surface area contributed by atoms with Crippen molar-refractivity contribution in [2.24, 2.45) is 0 Å². The molecule has 2 aromatic carbocycles. The third-order valence-electron chi connectivity index (χ3n) is 3.28. The summed E-state index contributed by atoms with van der Waals surface area (Å²) in [6.45, 7) is 2.07. The zero-order valence-corrected chi connectivity index (χ0v) is 11.3. The van der Waals surface area contributed by atoms with Crippen LogP contribution < -0.4 is 9.47 Å². The second-order valence-corrected chi connectivity index (χ2v) is 4.38. The van der Waals surface area contributed by atoms with Crippen molar-refractivity contribution < 1.29 is 13.9 Å². The molecule has 2 rings (SSSR count). The number of rotatable bonds is 4. The van der Waals surface area contributed by atoms with Crippen LogP contribution in [0.15, 0.2) is 42.5 Å². The average molecular weight is 260 g/mol. The molecule has 2 aromatic rings. The highest BCUT2D eigenvalue weighted by atomic mass is 19.1. The summed E-state index contributed by atoms with van der Waals surface area (Å²) < 4.78 is 23.5. The fourth-order valence-corrected chi connectivity index (χ4v) is 2.11. The van der Waals surface area contributed by atoms with Crippen molar-refractivity contribution in [3.05, 3.63) is 59.4 Å². The van der Waals surface area contributed by atoms with Crippen LogP contribution in [0.2, 0.25) is 0 Å². The minimum Gasteiger partial charge on any atom is -0.497 e. The Kier molecular flexibility index (Phi) is 4.05. The second-order valence-electron chi connectivity index (χ2n) is 4.38. The first kappa shape index (κ1) is 13.4. The number of halogens is 1. The summed E-state index contributed by atoms with van der Waals surface area (Å²) in [7, 11) is 3.26. The lowest BCUT2D eigenvalue weighted by Gasteiger charge is -2.17. The van der Waals surface area contributed by atoms with Crippen molar-refractivity contribution in [2.45, 2.75) is 12.8 Å². The normalized spacial score (nSPS) is 12.0. The van der Waals surface area contributed by atoms with Gasteiger partial charge >= 0.3 is 0 Å². The molecule has 0 N–H and O–H groups in total. The van der Waals surface area contributed by atoms with Crippen LogP contribution in [0.4, 0.5) is 4.39 Å². The number of methoxy groups -OCH3 is 2. The molecule has 0 bridgehead atoms.